The van der Waals surface area contributed by atoms with Crippen LogP contribution in [0.5, 0.6) is 5.75 Å². The van der Waals surface area contributed by atoms with Crippen molar-refractivity contribution >= 4 is 11.9 Å². The van der Waals surface area contributed by atoms with Crippen molar-refractivity contribution in [3.8, 4) is 5.75 Å². The Bertz CT molecular complexity index is 909. The lowest BCUT2D eigenvalue weighted by Crippen LogP contribution is -2.59. The third-order valence-electron chi connectivity index (χ3n) is 5.65. The van der Waals surface area contributed by atoms with Gasteiger partial charge in [-0.15, -0.1) is 0 Å². The van der Waals surface area contributed by atoms with Crippen LogP contribution in [0.25, 0.3) is 0 Å². The number of morpholine rings is 1. The molecule has 2 heterocycles. The Labute approximate surface area is 178 Å². The molecule has 31 heavy (non-hydrogen) atoms. The van der Waals surface area contributed by atoms with Gasteiger partial charge in [0.2, 0.25) is 0 Å². The van der Waals surface area contributed by atoms with E-state index < -0.39 is 12.7 Å². The topological polar surface area (TPSA) is 65.1 Å². The number of carbonyl (C=O) groups is 2. The zero-order chi connectivity index (χ0) is 21.8. The minimum atomic E-state index is -2.95. The van der Waals surface area contributed by atoms with E-state index in [9.17, 15) is 18.4 Å². The van der Waals surface area contributed by atoms with E-state index in [2.05, 4.69) is 4.74 Å². The van der Waals surface area contributed by atoms with Crippen molar-refractivity contribution < 1.29 is 32.6 Å². The number of halogens is 2. The lowest BCUT2D eigenvalue weighted by molar-refractivity contribution is -0.0755. The molecule has 2 aliphatic rings. The summed E-state index contributed by atoms with van der Waals surface area (Å²) in [4.78, 5) is 27.5. The summed E-state index contributed by atoms with van der Waals surface area (Å²) in [5, 5.41) is 0. The van der Waals surface area contributed by atoms with Gasteiger partial charge in [0, 0.05) is 11.5 Å². The fraction of sp³-hybridized carbons (Fsp3) is 0.391. The van der Waals surface area contributed by atoms with Gasteiger partial charge in [-0.3, -0.25) is 9.69 Å². The van der Waals surface area contributed by atoms with Gasteiger partial charge >= 0.3 is 12.7 Å². The number of fused-ring (bicyclic) bond motifs is 2. The highest BCUT2D eigenvalue weighted by Gasteiger charge is 2.44. The number of benzene rings is 2. The number of ether oxygens (including phenoxy) is 3. The van der Waals surface area contributed by atoms with E-state index >= 15 is 0 Å². The van der Waals surface area contributed by atoms with Crippen LogP contribution in [0.15, 0.2) is 54.6 Å². The Hall–Kier alpha value is -3.00. The summed E-state index contributed by atoms with van der Waals surface area (Å²) in [6.45, 7) is -2.12. The monoisotopic (exact) mass is 431 g/mol. The number of amides is 1. The van der Waals surface area contributed by atoms with Gasteiger partial charge < -0.3 is 14.2 Å². The number of carbonyl (C=O) groups excluding carboxylic acids is 2. The van der Waals surface area contributed by atoms with Gasteiger partial charge in [-0.2, -0.15) is 8.78 Å². The molecule has 0 aliphatic carbocycles. The van der Waals surface area contributed by atoms with Crippen LogP contribution < -0.4 is 4.74 Å². The summed E-state index contributed by atoms with van der Waals surface area (Å²) in [6, 6.07) is 14.7. The van der Waals surface area contributed by atoms with E-state index in [1.54, 1.807) is 11.0 Å². The molecule has 0 N–H and O–H groups in total. The lowest BCUT2D eigenvalue weighted by atomic mass is 9.81. The molecule has 4 rings (SSSR count). The minimum absolute atomic E-state index is 0.0497. The van der Waals surface area contributed by atoms with Crippen LogP contribution in [0.4, 0.5) is 13.6 Å². The van der Waals surface area contributed by atoms with Crippen LogP contribution in [0.1, 0.15) is 28.8 Å². The molecule has 2 unspecified atom stereocenters. The summed E-state index contributed by atoms with van der Waals surface area (Å²) >= 11 is 0. The second-order valence-corrected chi connectivity index (χ2v) is 7.73. The number of rotatable bonds is 6. The third-order valence-corrected chi connectivity index (χ3v) is 5.65. The van der Waals surface area contributed by atoms with Crippen molar-refractivity contribution in [2.24, 2.45) is 5.92 Å². The molecular weight excluding hydrogens is 408 g/mol. The number of Topliss-reactive ketones (excluding diaryl/α,β-unsaturated/α-hetero) is 1. The Morgan fingerprint density at radius 3 is 2.42 bits per heavy atom. The van der Waals surface area contributed by atoms with Gasteiger partial charge in [-0.25, -0.2) is 4.79 Å². The number of hydrogen-bond acceptors (Lipinski definition) is 5. The van der Waals surface area contributed by atoms with Gasteiger partial charge in [-0.1, -0.05) is 42.5 Å². The predicted molar refractivity (Wildman–Crippen MR) is 107 cm³/mol. The molecule has 2 atom stereocenters. The molecule has 0 saturated carbocycles. The molecule has 0 aromatic heterocycles. The van der Waals surface area contributed by atoms with E-state index in [0.29, 0.717) is 31.6 Å². The van der Waals surface area contributed by atoms with Crippen LogP contribution in [0.2, 0.25) is 0 Å². The number of ketones is 1. The fourth-order valence-corrected chi connectivity index (χ4v) is 4.28. The van der Waals surface area contributed by atoms with Crippen LogP contribution in [-0.4, -0.2) is 48.7 Å². The highest BCUT2D eigenvalue weighted by atomic mass is 19.3. The Kier molecular flexibility index (Phi) is 6.46. The normalized spacial score (nSPS) is 22.8. The molecule has 2 aromatic rings. The van der Waals surface area contributed by atoms with Crippen LogP contribution >= 0.6 is 0 Å². The lowest BCUT2D eigenvalue weighted by Gasteiger charge is -2.47. The molecule has 2 aromatic carbocycles. The quantitative estimate of drug-likeness (QED) is 0.639. The Morgan fingerprint density at radius 2 is 1.74 bits per heavy atom. The predicted octanol–water partition coefficient (Wildman–Crippen LogP) is 4.29. The van der Waals surface area contributed by atoms with Gasteiger partial charge in [0.05, 0.1) is 25.3 Å². The first kappa shape index (κ1) is 21.2. The first-order valence-corrected chi connectivity index (χ1v) is 10.2. The maximum absolute atomic E-state index is 13.0. The van der Waals surface area contributed by atoms with Gasteiger partial charge in [0.15, 0.2) is 5.78 Å². The van der Waals surface area contributed by atoms with Crippen molar-refractivity contribution in [2.45, 2.75) is 38.1 Å². The number of piperidine rings is 1. The van der Waals surface area contributed by atoms with Crippen molar-refractivity contribution in [1.29, 1.82) is 0 Å². The fourth-order valence-electron chi connectivity index (χ4n) is 4.28. The molecule has 164 valence electrons. The van der Waals surface area contributed by atoms with Gasteiger partial charge in [0.1, 0.15) is 12.4 Å². The first-order valence-electron chi connectivity index (χ1n) is 10.2. The molecule has 1 amide bonds. The summed E-state index contributed by atoms with van der Waals surface area (Å²) in [5.41, 5.74) is 1.22. The number of nitrogens with zero attached hydrogens (tertiary/aromatic N) is 1. The van der Waals surface area contributed by atoms with E-state index in [0.717, 1.165) is 5.56 Å². The zero-order valence-electron chi connectivity index (χ0n) is 16.8. The van der Waals surface area contributed by atoms with Crippen LogP contribution in [0.3, 0.4) is 0 Å². The summed E-state index contributed by atoms with van der Waals surface area (Å²) < 4.78 is 40.5. The molecule has 2 aliphatic heterocycles. The molecular formula is C23H23F2NO5. The molecule has 0 radical (unpaired) electrons. The summed E-state index contributed by atoms with van der Waals surface area (Å²) in [5.74, 6) is -0.529. The highest BCUT2D eigenvalue weighted by Crippen LogP contribution is 2.34. The SMILES string of the molecule is O=C(c1cccc(OC(F)F)c1)C1CC2COCC(C1)N2C(=O)OCc1ccccc1. The average molecular weight is 431 g/mol. The standard InChI is InChI=1S/C23H23F2NO5/c24-22(25)31-20-8-4-7-16(11-20)21(27)17-9-18-13-29-14-19(10-17)26(18)23(28)30-12-15-5-2-1-3-6-15/h1-8,11,17-19,22H,9-10,12-14H2. The van der Waals surface area contributed by atoms with Crippen LogP contribution in [-0.2, 0) is 16.1 Å². The first-order chi connectivity index (χ1) is 15.0. The molecule has 2 bridgehead atoms. The Morgan fingerprint density at radius 1 is 1.03 bits per heavy atom. The van der Waals surface area contributed by atoms with Crippen LogP contribution in [0, 0.1) is 5.92 Å². The van der Waals surface area contributed by atoms with E-state index in [-0.39, 0.29) is 36.1 Å². The molecule has 6 nitrogen and oxygen atoms in total. The average Bonchev–Trinajstić information content (AvgIpc) is 2.76. The van der Waals surface area contributed by atoms with Gasteiger partial charge in [-0.05, 0) is 30.5 Å². The van der Waals surface area contributed by atoms with Crippen molar-refractivity contribution in [1.82, 2.24) is 4.90 Å². The van der Waals surface area contributed by atoms with E-state index in [1.165, 1.54) is 18.2 Å². The second-order valence-electron chi connectivity index (χ2n) is 7.73. The number of alkyl halides is 2. The molecule has 0 spiro atoms. The molecule has 8 heteroatoms. The zero-order valence-corrected chi connectivity index (χ0v) is 16.8. The smallest absolute Gasteiger partial charge is 0.410 e. The van der Waals surface area contributed by atoms with Crippen molar-refractivity contribution in [3.63, 3.8) is 0 Å². The summed E-state index contributed by atoms with van der Waals surface area (Å²) in [7, 11) is 0. The Balaban J connectivity index is 1.42. The highest BCUT2D eigenvalue weighted by molar-refractivity contribution is 5.98. The molecule has 2 fully saturated rings. The maximum Gasteiger partial charge on any atom is 0.410 e. The van der Waals surface area contributed by atoms with Gasteiger partial charge in [0.25, 0.3) is 0 Å². The molecule has 2 saturated heterocycles. The minimum Gasteiger partial charge on any atom is -0.445 e. The third kappa shape index (κ3) is 5.02. The van der Waals surface area contributed by atoms with E-state index in [1.807, 2.05) is 30.3 Å². The van der Waals surface area contributed by atoms with Crippen molar-refractivity contribution in [3.05, 3.63) is 65.7 Å². The summed E-state index contributed by atoms with van der Waals surface area (Å²) in [6.07, 6.45) is 0.436. The van der Waals surface area contributed by atoms with Crippen molar-refractivity contribution in [2.75, 3.05) is 13.2 Å². The number of hydrogen-bond donors (Lipinski definition) is 0. The largest absolute Gasteiger partial charge is 0.445 e. The second kappa shape index (κ2) is 9.43. The van der Waals surface area contributed by atoms with E-state index in [4.69, 9.17) is 9.47 Å². The maximum atomic E-state index is 13.0.